The highest BCUT2D eigenvalue weighted by Gasteiger charge is 2.43. The number of nitrogens with zero attached hydrogens (tertiary/aromatic N) is 1. The fourth-order valence-corrected chi connectivity index (χ4v) is 4.21. The van der Waals surface area contributed by atoms with Gasteiger partial charge in [-0.3, -0.25) is 0 Å². The van der Waals surface area contributed by atoms with Crippen LogP contribution in [0.25, 0.3) is 0 Å². The van der Waals surface area contributed by atoms with Gasteiger partial charge in [0.05, 0.1) is 5.60 Å². The van der Waals surface area contributed by atoms with Crippen molar-refractivity contribution >= 4 is 17.8 Å². The van der Waals surface area contributed by atoms with E-state index < -0.39 is 5.60 Å². The lowest BCUT2D eigenvalue weighted by atomic mass is 9.71. The van der Waals surface area contributed by atoms with Crippen molar-refractivity contribution in [3.63, 3.8) is 0 Å². The van der Waals surface area contributed by atoms with E-state index in [2.05, 4.69) is 18.5 Å². The Hall–Kier alpha value is -0.420. The Morgan fingerprint density at radius 2 is 2.30 bits per heavy atom. The van der Waals surface area contributed by atoms with Crippen LogP contribution in [0.5, 0.6) is 0 Å². The lowest BCUT2D eigenvalue weighted by Gasteiger charge is -2.47. The Labute approximate surface area is 126 Å². The predicted molar refractivity (Wildman–Crippen MR) is 84.1 cm³/mol. The number of thioether (sulfide) groups is 1. The maximum atomic E-state index is 12.3. The molecule has 3 unspecified atom stereocenters. The first-order valence-electron chi connectivity index (χ1n) is 7.86. The van der Waals surface area contributed by atoms with Crippen LogP contribution >= 0.6 is 11.8 Å². The van der Waals surface area contributed by atoms with Gasteiger partial charge in [0.25, 0.3) is 0 Å². The van der Waals surface area contributed by atoms with Crippen molar-refractivity contribution in [3.05, 3.63) is 0 Å². The summed E-state index contributed by atoms with van der Waals surface area (Å²) in [7, 11) is 0. The zero-order chi connectivity index (χ0) is 14.6. The summed E-state index contributed by atoms with van der Waals surface area (Å²) in [4.78, 5) is 14.3. The van der Waals surface area contributed by atoms with Gasteiger partial charge in [0.2, 0.25) is 0 Å². The molecule has 5 heteroatoms. The van der Waals surface area contributed by atoms with E-state index in [-0.39, 0.29) is 18.0 Å². The third kappa shape index (κ3) is 3.61. The van der Waals surface area contributed by atoms with E-state index in [1.165, 1.54) is 6.42 Å². The molecule has 0 aromatic rings. The van der Waals surface area contributed by atoms with Crippen molar-refractivity contribution in [2.75, 3.05) is 25.1 Å². The Kier molecular flexibility index (Phi) is 5.61. The molecule has 0 radical (unpaired) electrons. The van der Waals surface area contributed by atoms with Gasteiger partial charge >= 0.3 is 6.03 Å². The summed E-state index contributed by atoms with van der Waals surface area (Å²) in [6.07, 6.45) is 8.06. The van der Waals surface area contributed by atoms with E-state index in [4.69, 9.17) is 0 Å². The molecule has 2 fully saturated rings. The summed E-state index contributed by atoms with van der Waals surface area (Å²) >= 11 is 1.77. The largest absolute Gasteiger partial charge is 0.389 e. The van der Waals surface area contributed by atoms with Crippen LogP contribution in [0.2, 0.25) is 0 Å². The van der Waals surface area contributed by atoms with Crippen molar-refractivity contribution in [2.24, 2.45) is 5.92 Å². The third-order valence-electron chi connectivity index (χ3n) is 4.90. The smallest absolute Gasteiger partial charge is 0.317 e. The minimum atomic E-state index is -0.502. The van der Waals surface area contributed by atoms with Gasteiger partial charge in [-0.25, -0.2) is 4.79 Å². The van der Waals surface area contributed by atoms with Crippen molar-refractivity contribution in [3.8, 4) is 0 Å². The fraction of sp³-hybridized carbons (Fsp3) is 0.933. The Morgan fingerprint density at radius 1 is 1.50 bits per heavy atom. The molecule has 2 amide bonds. The van der Waals surface area contributed by atoms with Gasteiger partial charge in [-0.2, -0.15) is 11.8 Å². The molecule has 3 atom stereocenters. The number of hydrogen-bond donors (Lipinski definition) is 2. The molecule has 1 aliphatic carbocycles. The fourth-order valence-electron chi connectivity index (χ4n) is 3.48. The van der Waals surface area contributed by atoms with Gasteiger partial charge in [-0.15, -0.1) is 0 Å². The van der Waals surface area contributed by atoms with Crippen LogP contribution in [-0.2, 0) is 0 Å². The minimum Gasteiger partial charge on any atom is -0.389 e. The highest BCUT2D eigenvalue weighted by atomic mass is 32.2. The predicted octanol–water partition coefficient (Wildman–Crippen LogP) is 2.46. The molecule has 116 valence electrons. The molecular weight excluding hydrogens is 272 g/mol. The van der Waals surface area contributed by atoms with Crippen LogP contribution in [0.15, 0.2) is 0 Å². The molecule has 2 rings (SSSR count). The highest BCUT2D eigenvalue weighted by molar-refractivity contribution is 7.98. The summed E-state index contributed by atoms with van der Waals surface area (Å²) in [6.45, 7) is 3.52. The highest BCUT2D eigenvalue weighted by Crippen LogP contribution is 2.39. The molecular formula is C15H28N2O2S. The Morgan fingerprint density at radius 3 is 3.00 bits per heavy atom. The standard InChI is InChI=1S/C15H28N2O2S/c1-3-13(11-20-2)16-14(18)17-9-8-15(19)7-5-4-6-12(15)10-17/h12-13,19H,3-11H2,1-2H3,(H,16,18). The normalized spacial score (nSPS) is 31.6. The number of nitrogens with one attached hydrogen (secondary N) is 1. The number of rotatable bonds is 4. The summed E-state index contributed by atoms with van der Waals surface area (Å²) in [5.74, 6) is 1.24. The van der Waals surface area contributed by atoms with Crippen LogP contribution in [0, 0.1) is 5.92 Å². The summed E-state index contributed by atoms with van der Waals surface area (Å²) < 4.78 is 0. The molecule has 2 N–H and O–H groups in total. The quantitative estimate of drug-likeness (QED) is 0.838. The van der Waals surface area contributed by atoms with Crippen molar-refractivity contribution < 1.29 is 9.90 Å². The number of carbonyl (C=O) groups excluding carboxylic acids is 1. The second-order valence-corrected chi connectivity index (χ2v) is 7.16. The number of likely N-dealkylation sites (tertiary alicyclic amines) is 1. The first-order valence-corrected chi connectivity index (χ1v) is 9.25. The van der Waals surface area contributed by atoms with Gasteiger partial charge in [0.1, 0.15) is 0 Å². The minimum absolute atomic E-state index is 0.0542. The molecule has 0 bridgehead atoms. The molecule has 4 nitrogen and oxygen atoms in total. The van der Waals surface area contributed by atoms with Crippen LogP contribution in [0.3, 0.4) is 0 Å². The summed E-state index contributed by atoms with van der Waals surface area (Å²) in [5, 5.41) is 13.8. The average molecular weight is 300 g/mol. The lowest BCUT2D eigenvalue weighted by molar-refractivity contribution is -0.0871. The number of piperidine rings is 1. The first-order chi connectivity index (χ1) is 9.59. The van der Waals surface area contributed by atoms with Crippen molar-refractivity contribution in [1.29, 1.82) is 0 Å². The maximum Gasteiger partial charge on any atom is 0.317 e. The van der Waals surface area contributed by atoms with E-state index in [0.29, 0.717) is 6.54 Å². The SMILES string of the molecule is CCC(CSC)NC(=O)N1CCC2(O)CCCCC2C1. The van der Waals surface area contributed by atoms with E-state index in [9.17, 15) is 9.90 Å². The Bertz CT molecular complexity index is 340. The third-order valence-corrected chi connectivity index (χ3v) is 5.64. The number of hydrogen-bond acceptors (Lipinski definition) is 3. The van der Waals surface area contributed by atoms with Crippen LogP contribution in [0.1, 0.15) is 45.4 Å². The molecule has 1 saturated heterocycles. The molecule has 2 aliphatic rings. The molecule has 1 heterocycles. The van der Waals surface area contributed by atoms with Gasteiger partial charge < -0.3 is 15.3 Å². The monoisotopic (exact) mass is 300 g/mol. The molecule has 0 aromatic carbocycles. The molecule has 1 aliphatic heterocycles. The average Bonchev–Trinajstić information content (AvgIpc) is 2.45. The first kappa shape index (κ1) is 16.0. The van der Waals surface area contributed by atoms with Crippen molar-refractivity contribution in [1.82, 2.24) is 10.2 Å². The Balaban J connectivity index is 1.89. The zero-order valence-corrected chi connectivity index (χ0v) is 13.5. The van der Waals surface area contributed by atoms with E-state index in [1.54, 1.807) is 11.8 Å². The van der Waals surface area contributed by atoms with Crippen LogP contribution in [-0.4, -0.2) is 52.8 Å². The second kappa shape index (κ2) is 7.03. The molecule has 1 saturated carbocycles. The van der Waals surface area contributed by atoms with Crippen LogP contribution < -0.4 is 5.32 Å². The van der Waals surface area contributed by atoms with E-state index in [1.807, 2.05) is 4.90 Å². The summed E-state index contributed by atoms with van der Waals surface area (Å²) in [5.41, 5.74) is -0.502. The summed E-state index contributed by atoms with van der Waals surface area (Å²) in [6, 6.07) is 0.309. The lowest BCUT2D eigenvalue weighted by Crippen LogP contribution is -2.57. The number of fused-ring (bicyclic) bond motifs is 1. The molecule has 0 aromatic heterocycles. The van der Waals surface area contributed by atoms with Crippen molar-refractivity contribution in [2.45, 2.75) is 57.1 Å². The van der Waals surface area contributed by atoms with Crippen LogP contribution in [0.4, 0.5) is 4.79 Å². The number of carbonyl (C=O) groups is 1. The van der Waals surface area contributed by atoms with Gasteiger partial charge in [0.15, 0.2) is 0 Å². The van der Waals surface area contributed by atoms with Gasteiger partial charge in [-0.05, 0) is 31.9 Å². The number of amides is 2. The molecule has 0 spiro atoms. The zero-order valence-electron chi connectivity index (χ0n) is 12.7. The molecule has 20 heavy (non-hydrogen) atoms. The van der Waals surface area contributed by atoms with E-state index in [0.717, 1.165) is 44.4 Å². The second-order valence-electron chi connectivity index (χ2n) is 6.25. The topological polar surface area (TPSA) is 52.6 Å². The van der Waals surface area contributed by atoms with Gasteiger partial charge in [-0.1, -0.05) is 19.8 Å². The maximum absolute atomic E-state index is 12.3. The number of aliphatic hydroxyl groups is 1. The van der Waals surface area contributed by atoms with E-state index >= 15 is 0 Å². The van der Waals surface area contributed by atoms with Gasteiger partial charge in [0, 0.05) is 30.8 Å². The number of urea groups is 1.